The average molecular weight is 228 g/mol. The van der Waals surface area contributed by atoms with E-state index in [1.54, 1.807) is 0 Å². The highest BCUT2D eigenvalue weighted by Gasteiger charge is 1.94. The summed E-state index contributed by atoms with van der Waals surface area (Å²) in [6.07, 6.45) is 5.04. The number of nitrogens with one attached hydrogen (secondary N) is 1. The van der Waals surface area contributed by atoms with Crippen LogP contribution in [0.25, 0.3) is 0 Å². The van der Waals surface area contributed by atoms with Gasteiger partial charge in [-0.1, -0.05) is 17.7 Å². The van der Waals surface area contributed by atoms with Gasteiger partial charge in [0.1, 0.15) is 5.15 Å². The summed E-state index contributed by atoms with van der Waals surface area (Å²) in [5.41, 5.74) is 6.62. The number of nitrogens with zero attached hydrogens (tertiary/aromatic N) is 1. The number of aryl methyl sites for hydroxylation is 1. The Bertz CT molecular complexity index is 261. The van der Waals surface area contributed by atoms with Crippen LogP contribution in [0, 0.1) is 0 Å². The Labute approximate surface area is 96.0 Å². The summed E-state index contributed by atoms with van der Waals surface area (Å²) in [6, 6.07) is 3.86. The third kappa shape index (κ3) is 5.72. The molecule has 1 aromatic heterocycles. The van der Waals surface area contributed by atoms with E-state index in [-0.39, 0.29) is 0 Å². The normalized spacial score (nSPS) is 10.5. The van der Waals surface area contributed by atoms with Crippen molar-refractivity contribution in [2.45, 2.75) is 19.3 Å². The fourth-order valence-corrected chi connectivity index (χ4v) is 1.44. The number of nitrogens with two attached hydrogens (primary N) is 1. The van der Waals surface area contributed by atoms with E-state index in [0.29, 0.717) is 5.15 Å². The van der Waals surface area contributed by atoms with Gasteiger partial charge in [-0.2, -0.15) is 0 Å². The first-order chi connectivity index (χ1) is 7.33. The SMILES string of the molecule is NCCCNCCCc1ccc(Cl)nc1. The van der Waals surface area contributed by atoms with Gasteiger partial charge < -0.3 is 11.1 Å². The average Bonchev–Trinajstić information content (AvgIpc) is 2.26. The van der Waals surface area contributed by atoms with Gasteiger partial charge in [0.05, 0.1) is 0 Å². The highest BCUT2D eigenvalue weighted by molar-refractivity contribution is 6.29. The molecular formula is C11H18ClN3. The van der Waals surface area contributed by atoms with E-state index in [0.717, 1.165) is 38.9 Å². The number of halogens is 1. The van der Waals surface area contributed by atoms with Crippen LogP contribution in [0.15, 0.2) is 18.3 Å². The minimum Gasteiger partial charge on any atom is -0.330 e. The van der Waals surface area contributed by atoms with Crippen molar-refractivity contribution in [2.24, 2.45) is 5.73 Å². The van der Waals surface area contributed by atoms with E-state index >= 15 is 0 Å². The van der Waals surface area contributed by atoms with Crippen molar-refractivity contribution in [3.63, 3.8) is 0 Å². The molecule has 1 heterocycles. The predicted molar refractivity (Wildman–Crippen MR) is 64.1 cm³/mol. The van der Waals surface area contributed by atoms with Crippen LogP contribution in [0.3, 0.4) is 0 Å². The van der Waals surface area contributed by atoms with Gasteiger partial charge >= 0.3 is 0 Å². The Morgan fingerprint density at radius 2 is 2.07 bits per heavy atom. The van der Waals surface area contributed by atoms with Crippen molar-refractivity contribution in [3.8, 4) is 0 Å². The van der Waals surface area contributed by atoms with Gasteiger partial charge in [0.25, 0.3) is 0 Å². The molecule has 0 aliphatic heterocycles. The van der Waals surface area contributed by atoms with Gasteiger partial charge in [-0.25, -0.2) is 4.98 Å². The maximum atomic E-state index is 5.69. The molecule has 3 nitrogen and oxygen atoms in total. The van der Waals surface area contributed by atoms with E-state index in [4.69, 9.17) is 17.3 Å². The molecule has 0 bridgehead atoms. The Morgan fingerprint density at radius 3 is 2.73 bits per heavy atom. The second-order valence-electron chi connectivity index (χ2n) is 3.48. The summed E-state index contributed by atoms with van der Waals surface area (Å²) in [6.45, 7) is 2.80. The third-order valence-electron chi connectivity index (χ3n) is 2.17. The van der Waals surface area contributed by atoms with E-state index in [1.165, 1.54) is 5.56 Å². The summed E-state index contributed by atoms with van der Waals surface area (Å²) >= 11 is 5.69. The van der Waals surface area contributed by atoms with Gasteiger partial charge in [0.15, 0.2) is 0 Å². The molecule has 0 radical (unpaired) electrons. The number of hydrogen-bond donors (Lipinski definition) is 2. The minimum absolute atomic E-state index is 0.555. The van der Waals surface area contributed by atoms with Crippen LogP contribution in [0.5, 0.6) is 0 Å². The van der Waals surface area contributed by atoms with Crippen molar-refractivity contribution in [1.82, 2.24) is 10.3 Å². The molecule has 0 saturated heterocycles. The Kier molecular flexibility index (Phi) is 6.32. The molecule has 4 heteroatoms. The van der Waals surface area contributed by atoms with Crippen molar-refractivity contribution < 1.29 is 0 Å². The standard InChI is InChI=1S/C11H18ClN3/c12-11-5-4-10(9-15-11)3-1-7-14-8-2-6-13/h4-5,9,14H,1-3,6-8,13H2. The molecule has 0 aliphatic carbocycles. The predicted octanol–water partition coefficient (Wildman–Crippen LogP) is 1.61. The second kappa shape index (κ2) is 7.63. The largest absolute Gasteiger partial charge is 0.330 e. The smallest absolute Gasteiger partial charge is 0.129 e. The summed E-state index contributed by atoms with van der Waals surface area (Å²) in [5, 5.41) is 3.90. The van der Waals surface area contributed by atoms with Crippen LogP contribution >= 0.6 is 11.6 Å². The number of hydrogen-bond acceptors (Lipinski definition) is 3. The Morgan fingerprint density at radius 1 is 1.27 bits per heavy atom. The lowest BCUT2D eigenvalue weighted by Gasteiger charge is -2.03. The van der Waals surface area contributed by atoms with E-state index in [9.17, 15) is 0 Å². The molecule has 0 amide bonds. The van der Waals surface area contributed by atoms with Crippen LogP contribution in [-0.4, -0.2) is 24.6 Å². The Hall–Kier alpha value is -0.640. The Balaban J connectivity index is 2.07. The zero-order chi connectivity index (χ0) is 10.9. The molecule has 1 rings (SSSR count). The topological polar surface area (TPSA) is 50.9 Å². The lowest BCUT2D eigenvalue weighted by molar-refractivity contribution is 0.626. The summed E-state index contributed by atoms with van der Waals surface area (Å²) in [5.74, 6) is 0. The first kappa shape index (κ1) is 12.4. The zero-order valence-electron chi connectivity index (χ0n) is 8.88. The van der Waals surface area contributed by atoms with Crippen molar-refractivity contribution in [2.75, 3.05) is 19.6 Å². The number of pyridine rings is 1. The summed E-state index contributed by atoms with van der Waals surface area (Å²) in [4.78, 5) is 4.04. The molecular weight excluding hydrogens is 210 g/mol. The van der Waals surface area contributed by atoms with Gasteiger partial charge in [-0.15, -0.1) is 0 Å². The molecule has 0 atom stereocenters. The number of rotatable bonds is 7. The number of aromatic nitrogens is 1. The van der Waals surface area contributed by atoms with E-state index < -0.39 is 0 Å². The van der Waals surface area contributed by atoms with Crippen molar-refractivity contribution in [3.05, 3.63) is 29.0 Å². The lowest BCUT2D eigenvalue weighted by atomic mass is 10.1. The molecule has 0 spiro atoms. The zero-order valence-corrected chi connectivity index (χ0v) is 9.63. The molecule has 1 aromatic rings. The molecule has 0 fully saturated rings. The van der Waals surface area contributed by atoms with Crippen LogP contribution in [0.2, 0.25) is 5.15 Å². The molecule has 0 saturated carbocycles. The van der Waals surface area contributed by atoms with Crippen molar-refractivity contribution >= 4 is 11.6 Å². The maximum Gasteiger partial charge on any atom is 0.129 e. The highest BCUT2D eigenvalue weighted by Crippen LogP contribution is 2.06. The van der Waals surface area contributed by atoms with Gasteiger partial charge in [-0.3, -0.25) is 0 Å². The molecule has 15 heavy (non-hydrogen) atoms. The minimum atomic E-state index is 0.555. The van der Waals surface area contributed by atoms with Crippen LogP contribution in [-0.2, 0) is 6.42 Å². The molecule has 0 aliphatic rings. The first-order valence-corrected chi connectivity index (χ1v) is 5.72. The monoisotopic (exact) mass is 227 g/mol. The van der Waals surface area contributed by atoms with Crippen LogP contribution in [0.1, 0.15) is 18.4 Å². The molecule has 0 aromatic carbocycles. The van der Waals surface area contributed by atoms with Gasteiger partial charge in [0, 0.05) is 6.20 Å². The molecule has 3 N–H and O–H groups in total. The fourth-order valence-electron chi connectivity index (χ4n) is 1.32. The van der Waals surface area contributed by atoms with Crippen LogP contribution < -0.4 is 11.1 Å². The summed E-state index contributed by atoms with van der Waals surface area (Å²) in [7, 11) is 0. The van der Waals surface area contributed by atoms with Gasteiger partial charge in [0.2, 0.25) is 0 Å². The van der Waals surface area contributed by atoms with E-state index in [1.807, 2.05) is 18.3 Å². The van der Waals surface area contributed by atoms with Crippen molar-refractivity contribution in [1.29, 1.82) is 0 Å². The second-order valence-corrected chi connectivity index (χ2v) is 3.87. The quantitative estimate of drug-likeness (QED) is 0.550. The molecule has 84 valence electrons. The first-order valence-electron chi connectivity index (χ1n) is 5.34. The maximum absolute atomic E-state index is 5.69. The summed E-state index contributed by atoms with van der Waals surface area (Å²) < 4.78 is 0. The lowest BCUT2D eigenvalue weighted by Crippen LogP contribution is -2.19. The van der Waals surface area contributed by atoms with Crippen LogP contribution in [0.4, 0.5) is 0 Å². The fraction of sp³-hybridized carbons (Fsp3) is 0.545. The van der Waals surface area contributed by atoms with Gasteiger partial charge in [-0.05, 0) is 50.5 Å². The molecule has 0 unspecified atom stereocenters. The van der Waals surface area contributed by atoms with E-state index in [2.05, 4.69) is 10.3 Å². The highest BCUT2D eigenvalue weighted by atomic mass is 35.5. The third-order valence-corrected chi connectivity index (χ3v) is 2.39.